The Bertz CT molecular complexity index is 337. The van der Waals surface area contributed by atoms with Gasteiger partial charge in [-0.1, -0.05) is 29.8 Å². The molecule has 76 valence electrons. The lowest BCUT2D eigenvalue weighted by Gasteiger charge is -2.09. The second-order valence-corrected chi connectivity index (χ2v) is 3.26. The van der Waals surface area contributed by atoms with Crippen LogP contribution >= 0.6 is 11.6 Å². The minimum Gasteiger partial charge on any atom is -0.369 e. The maximum absolute atomic E-state index is 5.98. The number of rotatable bonds is 2. The monoisotopic (exact) mass is 212 g/mol. The van der Waals surface area contributed by atoms with Gasteiger partial charge in [-0.15, -0.1) is 0 Å². The smallest absolute Gasteiger partial charge is 0.203 e. The summed E-state index contributed by atoms with van der Waals surface area (Å²) < 4.78 is 0. The van der Waals surface area contributed by atoms with E-state index in [9.17, 15) is 0 Å². The van der Waals surface area contributed by atoms with Crippen LogP contribution in [0.3, 0.4) is 0 Å². The van der Waals surface area contributed by atoms with E-state index in [2.05, 4.69) is 10.4 Å². The molecule has 14 heavy (non-hydrogen) atoms. The summed E-state index contributed by atoms with van der Waals surface area (Å²) in [5.41, 5.74) is 8.63. The standard InChI is InChI=1S/C9H13ClN4/c1-6(13-9(11)14-12)7-4-2-3-5-8(7)10/h2-6H,12H2,1H3,(H3,11,13,14)/t6-/m1/s1. The van der Waals surface area contributed by atoms with Gasteiger partial charge in [0.2, 0.25) is 5.96 Å². The van der Waals surface area contributed by atoms with Crippen molar-refractivity contribution in [2.45, 2.75) is 13.0 Å². The van der Waals surface area contributed by atoms with Gasteiger partial charge in [-0.2, -0.15) is 0 Å². The summed E-state index contributed by atoms with van der Waals surface area (Å²) in [4.78, 5) is 4.10. The molecule has 0 heterocycles. The van der Waals surface area contributed by atoms with Gasteiger partial charge in [0.05, 0.1) is 6.04 Å². The van der Waals surface area contributed by atoms with Crippen LogP contribution in [-0.2, 0) is 0 Å². The molecule has 1 aromatic carbocycles. The van der Waals surface area contributed by atoms with Gasteiger partial charge in [0.15, 0.2) is 0 Å². The number of halogens is 1. The minimum absolute atomic E-state index is 0.111. The average Bonchev–Trinajstić information content (AvgIpc) is 2.18. The van der Waals surface area contributed by atoms with E-state index in [0.29, 0.717) is 5.02 Å². The number of aliphatic imine (C=N–C) groups is 1. The fourth-order valence-corrected chi connectivity index (χ4v) is 1.42. The van der Waals surface area contributed by atoms with Gasteiger partial charge in [-0.25, -0.2) is 10.8 Å². The Morgan fingerprint density at radius 2 is 2.14 bits per heavy atom. The van der Waals surface area contributed by atoms with E-state index >= 15 is 0 Å². The second kappa shape index (κ2) is 4.83. The lowest BCUT2D eigenvalue weighted by Crippen LogP contribution is -2.37. The highest BCUT2D eigenvalue weighted by molar-refractivity contribution is 6.31. The average molecular weight is 213 g/mol. The Kier molecular flexibility index (Phi) is 3.73. The molecule has 0 amide bonds. The van der Waals surface area contributed by atoms with E-state index < -0.39 is 0 Å². The first-order chi connectivity index (χ1) is 6.65. The van der Waals surface area contributed by atoms with E-state index in [1.807, 2.05) is 31.2 Å². The molecule has 1 rings (SSSR count). The largest absolute Gasteiger partial charge is 0.369 e. The van der Waals surface area contributed by atoms with Gasteiger partial charge in [0.25, 0.3) is 0 Å². The van der Waals surface area contributed by atoms with Crippen molar-refractivity contribution in [3.63, 3.8) is 0 Å². The molecule has 0 aliphatic heterocycles. The molecule has 4 nitrogen and oxygen atoms in total. The number of guanidine groups is 1. The SMILES string of the molecule is C[C@@H](N=C(N)NN)c1ccccc1Cl. The molecule has 0 aliphatic rings. The van der Waals surface area contributed by atoms with Crippen LogP contribution in [0.25, 0.3) is 0 Å². The second-order valence-electron chi connectivity index (χ2n) is 2.86. The fourth-order valence-electron chi connectivity index (χ4n) is 1.13. The van der Waals surface area contributed by atoms with Crippen molar-refractivity contribution in [2.75, 3.05) is 0 Å². The normalized spacial score (nSPS) is 13.8. The van der Waals surface area contributed by atoms with Crippen molar-refractivity contribution < 1.29 is 0 Å². The first kappa shape index (κ1) is 10.8. The summed E-state index contributed by atoms with van der Waals surface area (Å²) in [6.07, 6.45) is 0. The summed E-state index contributed by atoms with van der Waals surface area (Å²) in [6, 6.07) is 7.38. The first-order valence-corrected chi connectivity index (χ1v) is 4.57. The van der Waals surface area contributed by atoms with Gasteiger partial charge >= 0.3 is 0 Å². The Morgan fingerprint density at radius 3 is 2.71 bits per heavy atom. The highest BCUT2D eigenvalue weighted by Gasteiger charge is 2.07. The molecule has 0 aliphatic carbocycles. The van der Waals surface area contributed by atoms with Crippen LogP contribution in [-0.4, -0.2) is 5.96 Å². The molecular formula is C9H13ClN4. The molecule has 0 saturated heterocycles. The summed E-state index contributed by atoms with van der Waals surface area (Å²) in [5.74, 6) is 5.29. The highest BCUT2D eigenvalue weighted by Crippen LogP contribution is 2.24. The predicted molar refractivity (Wildman–Crippen MR) is 58.8 cm³/mol. The zero-order valence-electron chi connectivity index (χ0n) is 7.87. The lowest BCUT2D eigenvalue weighted by atomic mass is 10.1. The van der Waals surface area contributed by atoms with Crippen LogP contribution < -0.4 is 17.0 Å². The van der Waals surface area contributed by atoms with Crippen LogP contribution in [0.4, 0.5) is 0 Å². The molecule has 0 spiro atoms. The Morgan fingerprint density at radius 1 is 1.50 bits per heavy atom. The van der Waals surface area contributed by atoms with Crippen molar-refractivity contribution >= 4 is 17.6 Å². The predicted octanol–water partition coefficient (Wildman–Crippen LogP) is 1.18. The summed E-state index contributed by atoms with van der Waals surface area (Å²) >= 11 is 5.98. The van der Waals surface area contributed by atoms with Crippen LogP contribution in [0, 0.1) is 0 Å². The molecule has 0 saturated carbocycles. The minimum atomic E-state index is -0.111. The fraction of sp³-hybridized carbons (Fsp3) is 0.222. The summed E-state index contributed by atoms with van der Waals surface area (Å²) in [5, 5.41) is 0.675. The van der Waals surface area contributed by atoms with Crippen molar-refractivity contribution in [3.05, 3.63) is 34.9 Å². The molecule has 0 radical (unpaired) electrons. The van der Waals surface area contributed by atoms with Crippen molar-refractivity contribution in [1.29, 1.82) is 0 Å². The molecule has 5 N–H and O–H groups in total. The van der Waals surface area contributed by atoms with Crippen LogP contribution in [0.15, 0.2) is 29.3 Å². The van der Waals surface area contributed by atoms with Crippen molar-refractivity contribution in [2.24, 2.45) is 16.6 Å². The maximum Gasteiger partial charge on any atom is 0.203 e. The Labute approximate surface area is 87.9 Å². The number of hydrogen-bond acceptors (Lipinski definition) is 2. The van der Waals surface area contributed by atoms with Gasteiger partial charge < -0.3 is 5.73 Å². The number of nitrogens with zero attached hydrogens (tertiary/aromatic N) is 1. The van der Waals surface area contributed by atoms with Gasteiger partial charge in [-0.3, -0.25) is 5.43 Å². The first-order valence-electron chi connectivity index (χ1n) is 4.19. The Hall–Kier alpha value is -1.26. The van der Waals surface area contributed by atoms with Crippen LogP contribution in [0.2, 0.25) is 5.02 Å². The third-order valence-corrected chi connectivity index (χ3v) is 2.18. The lowest BCUT2D eigenvalue weighted by molar-refractivity contribution is 0.801. The molecule has 0 unspecified atom stereocenters. The zero-order valence-corrected chi connectivity index (χ0v) is 8.62. The number of hydrogen-bond donors (Lipinski definition) is 3. The summed E-state index contributed by atoms with van der Waals surface area (Å²) in [6.45, 7) is 1.89. The number of benzene rings is 1. The molecule has 0 aromatic heterocycles. The number of nitrogens with two attached hydrogens (primary N) is 2. The van der Waals surface area contributed by atoms with E-state index in [0.717, 1.165) is 5.56 Å². The maximum atomic E-state index is 5.98. The molecule has 1 aromatic rings. The molecule has 1 atom stereocenters. The number of nitrogens with one attached hydrogen (secondary N) is 1. The molecule has 5 heteroatoms. The van der Waals surface area contributed by atoms with E-state index in [1.54, 1.807) is 0 Å². The highest BCUT2D eigenvalue weighted by atomic mass is 35.5. The molecular weight excluding hydrogens is 200 g/mol. The summed E-state index contributed by atoms with van der Waals surface area (Å²) in [7, 11) is 0. The van der Waals surface area contributed by atoms with Gasteiger partial charge in [0, 0.05) is 5.02 Å². The van der Waals surface area contributed by atoms with Gasteiger partial charge in [0.1, 0.15) is 0 Å². The third-order valence-electron chi connectivity index (χ3n) is 1.84. The quantitative estimate of drug-likeness (QED) is 0.298. The van der Waals surface area contributed by atoms with E-state index in [-0.39, 0.29) is 12.0 Å². The Balaban J connectivity index is 2.90. The van der Waals surface area contributed by atoms with E-state index in [4.69, 9.17) is 23.2 Å². The zero-order chi connectivity index (χ0) is 10.6. The van der Waals surface area contributed by atoms with E-state index in [1.165, 1.54) is 0 Å². The van der Waals surface area contributed by atoms with Gasteiger partial charge in [-0.05, 0) is 18.6 Å². The van der Waals surface area contributed by atoms with Crippen molar-refractivity contribution in [1.82, 2.24) is 5.43 Å². The van der Waals surface area contributed by atoms with Crippen molar-refractivity contribution in [3.8, 4) is 0 Å². The van der Waals surface area contributed by atoms with Crippen LogP contribution in [0.1, 0.15) is 18.5 Å². The topological polar surface area (TPSA) is 76.4 Å². The molecule has 0 bridgehead atoms. The number of hydrazine groups is 1. The molecule has 0 fully saturated rings. The third kappa shape index (κ3) is 2.61. The van der Waals surface area contributed by atoms with Crippen LogP contribution in [0.5, 0.6) is 0 Å².